The SMILES string of the molecule is CN(c1ccc(Br)cn1)c1ccccc1C(=N)N. The fraction of sp³-hybridized carbons (Fsp3) is 0.0769. The molecule has 0 spiro atoms. The van der Waals surface area contributed by atoms with Crippen LogP contribution in [0.25, 0.3) is 0 Å². The zero-order chi connectivity index (χ0) is 13.1. The van der Waals surface area contributed by atoms with Gasteiger partial charge in [0, 0.05) is 23.3 Å². The predicted octanol–water partition coefficient (Wildman–Crippen LogP) is 2.90. The highest BCUT2D eigenvalue weighted by molar-refractivity contribution is 9.10. The predicted molar refractivity (Wildman–Crippen MR) is 77.5 cm³/mol. The van der Waals surface area contributed by atoms with E-state index in [2.05, 4.69) is 20.9 Å². The number of benzene rings is 1. The Bertz CT molecular complexity index is 565. The standard InChI is InChI=1S/C13H13BrN4/c1-18(12-7-6-9(14)8-17-12)11-5-3-2-4-10(11)13(15)16/h2-8H,1H3,(H3,15,16). The first-order chi connectivity index (χ1) is 8.59. The van der Waals surface area contributed by atoms with Crippen molar-refractivity contribution in [3.63, 3.8) is 0 Å². The average molecular weight is 305 g/mol. The third-order valence-corrected chi connectivity index (χ3v) is 3.08. The van der Waals surface area contributed by atoms with Crippen molar-refractivity contribution in [2.75, 3.05) is 11.9 Å². The van der Waals surface area contributed by atoms with Crippen LogP contribution < -0.4 is 10.6 Å². The average Bonchev–Trinajstić information content (AvgIpc) is 2.39. The van der Waals surface area contributed by atoms with E-state index in [0.717, 1.165) is 16.0 Å². The van der Waals surface area contributed by atoms with Crippen LogP contribution in [-0.2, 0) is 0 Å². The molecule has 1 aromatic carbocycles. The van der Waals surface area contributed by atoms with Gasteiger partial charge in [-0.3, -0.25) is 5.41 Å². The first kappa shape index (κ1) is 12.6. The van der Waals surface area contributed by atoms with Crippen LogP contribution in [0.4, 0.5) is 11.5 Å². The van der Waals surface area contributed by atoms with Crippen LogP contribution in [0.3, 0.4) is 0 Å². The van der Waals surface area contributed by atoms with Crippen molar-refractivity contribution < 1.29 is 0 Å². The normalized spacial score (nSPS) is 10.1. The summed E-state index contributed by atoms with van der Waals surface area (Å²) in [6.07, 6.45) is 1.74. The molecule has 92 valence electrons. The highest BCUT2D eigenvalue weighted by Gasteiger charge is 2.11. The van der Waals surface area contributed by atoms with Crippen molar-refractivity contribution in [3.05, 3.63) is 52.6 Å². The van der Waals surface area contributed by atoms with Gasteiger partial charge < -0.3 is 10.6 Å². The number of aromatic nitrogens is 1. The molecule has 0 amide bonds. The van der Waals surface area contributed by atoms with E-state index in [-0.39, 0.29) is 5.84 Å². The second-order valence-corrected chi connectivity index (χ2v) is 4.74. The third kappa shape index (κ3) is 2.51. The molecule has 2 aromatic rings. The molecule has 5 heteroatoms. The van der Waals surface area contributed by atoms with Gasteiger partial charge in [0.05, 0.1) is 5.69 Å². The lowest BCUT2D eigenvalue weighted by molar-refractivity contribution is 1.12. The third-order valence-electron chi connectivity index (χ3n) is 2.61. The summed E-state index contributed by atoms with van der Waals surface area (Å²) >= 11 is 3.35. The molecule has 1 aromatic heterocycles. The molecule has 0 unspecified atom stereocenters. The number of hydrogen-bond acceptors (Lipinski definition) is 3. The fourth-order valence-corrected chi connectivity index (χ4v) is 1.92. The van der Waals surface area contributed by atoms with Crippen molar-refractivity contribution in [3.8, 4) is 0 Å². The lowest BCUT2D eigenvalue weighted by atomic mass is 10.1. The number of halogens is 1. The summed E-state index contributed by atoms with van der Waals surface area (Å²) in [7, 11) is 1.90. The maximum atomic E-state index is 7.59. The zero-order valence-corrected chi connectivity index (χ0v) is 11.5. The lowest BCUT2D eigenvalue weighted by Crippen LogP contribution is -2.19. The van der Waals surface area contributed by atoms with E-state index in [1.807, 2.05) is 48.3 Å². The molecule has 0 aliphatic rings. The Hall–Kier alpha value is -1.88. The van der Waals surface area contributed by atoms with E-state index in [0.29, 0.717) is 5.56 Å². The smallest absolute Gasteiger partial charge is 0.132 e. The van der Waals surface area contributed by atoms with Gasteiger partial charge in [0.25, 0.3) is 0 Å². The van der Waals surface area contributed by atoms with Crippen molar-refractivity contribution in [1.82, 2.24) is 4.98 Å². The minimum Gasteiger partial charge on any atom is -0.384 e. The molecule has 0 radical (unpaired) electrons. The zero-order valence-electron chi connectivity index (χ0n) is 9.89. The van der Waals surface area contributed by atoms with E-state index in [1.54, 1.807) is 6.20 Å². The van der Waals surface area contributed by atoms with Crippen LogP contribution in [0, 0.1) is 5.41 Å². The van der Waals surface area contributed by atoms with Crippen LogP contribution in [0.5, 0.6) is 0 Å². The van der Waals surface area contributed by atoms with Crippen molar-refractivity contribution in [1.29, 1.82) is 5.41 Å². The number of amidine groups is 1. The van der Waals surface area contributed by atoms with Crippen LogP contribution in [0.1, 0.15) is 5.56 Å². The Kier molecular flexibility index (Phi) is 3.62. The summed E-state index contributed by atoms with van der Waals surface area (Å²) in [6, 6.07) is 11.4. The van der Waals surface area contributed by atoms with Gasteiger partial charge in [-0.1, -0.05) is 12.1 Å². The molecule has 3 N–H and O–H groups in total. The van der Waals surface area contributed by atoms with Crippen molar-refractivity contribution >= 4 is 33.3 Å². The minimum absolute atomic E-state index is 0.0505. The largest absolute Gasteiger partial charge is 0.384 e. The molecule has 0 aliphatic heterocycles. The molecule has 0 saturated carbocycles. The van der Waals surface area contributed by atoms with Crippen molar-refractivity contribution in [2.24, 2.45) is 5.73 Å². The minimum atomic E-state index is 0.0505. The molecular weight excluding hydrogens is 292 g/mol. The Labute approximate surface area is 114 Å². The molecule has 0 atom stereocenters. The van der Waals surface area contributed by atoms with Gasteiger partial charge in [0.2, 0.25) is 0 Å². The van der Waals surface area contributed by atoms with E-state index in [1.165, 1.54) is 0 Å². The number of rotatable bonds is 3. The number of nitrogens with zero attached hydrogens (tertiary/aromatic N) is 2. The van der Waals surface area contributed by atoms with Crippen molar-refractivity contribution in [2.45, 2.75) is 0 Å². The first-order valence-electron chi connectivity index (χ1n) is 5.38. The van der Waals surface area contributed by atoms with Gasteiger partial charge in [0.1, 0.15) is 11.7 Å². The van der Waals surface area contributed by atoms with Gasteiger partial charge in [-0.2, -0.15) is 0 Å². The highest BCUT2D eigenvalue weighted by Crippen LogP contribution is 2.25. The maximum absolute atomic E-state index is 7.59. The number of nitrogens with two attached hydrogens (primary N) is 1. The second-order valence-electron chi connectivity index (χ2n) is 3.82. The van der Waals surface area contributed by atoms with E-state index in [4.69, 9.17) is 11.1 Å². The number of nitrogens with one attached hydrogen (secondary N) is 1. The topological polar surface area (TPSA) is 66.0 Å². The van der Waals surface area contributed by atoms with Crippen LogP contribution in [0.2, 0.25) is 0 Å². The number of nitrogen functional groups attached to an aromatic ring is 1. The number of hydrogen-bond donors (Lipinski definition) is 2. The van der Waals surface area contributed by atoms with E-state index >= 15 is 0 Å². The molecule has 2 rings (SSSR count). The Morgan fingerprint density at radius 2 is 2.00 bits per heavy atom. The van der Waals surface area contributed by atoms with Gasteiger partial charge >= 0.3 is 0 Å². The van der Waals surface area contributed by atoms with Crippen LogP contribution in [0.15, 0.2) is 47.1 Å². The number of pyridine rings is 1. The molecule has 1 heterocycles. The van der Waals surface area contributed by atoms with E-state index in [9.17, 15) is 0 Å². The fourth-order valence-electron chi connectivity index (χ4n) is 1.68. The Balaban J connectivity index is 2.42. The summed E-state index contributed by atoms with van der Waals surface area (Å²) in [4.78, 5) is 6.23. The van der Waals surface area contributed by atoms with Gasteiger partial charge in [-0.25, -0.2) is 4.98 Å². The van der Waals surface area contributed by atoms with Gasteiger partial charge in [0.15, 0.2) is 0 Å². The molecule has 0 aliphatic carbocycles. The number of para-hydroxylation sites is 1. The second kappa shape index (κ2) is 5.18. The molecule has 0 fully saturated rings. The highest BCUT2D eigenvalue weighted by atomic mass is 79.9. The summed E-state index contributed by atoms with van der Waals surface area (Å²) in [5.41, 5.74) is 7.14. The summed E-state index contributed by atoms with van der Waals surface area (Å²) in [5, 5.41) is 7.59. The van der Waals surface area contributed by atoms with Crippen LogP contribution in [-0.4, -0.2) is 17.9 Å². The molecule has 0 saturated heterocycles. The first-order valence-corrected chi connectivity index (χ1v) is 6.17. The molecule has 18 heavy (non-hydrogen) atoms. The molecule has 4 nitrogen and oxygen atoms in total. The quantitative estimate of drug-likeness (QED) is 0.677. The summed E-state index contributed by atoms with van der Waals surface area (Å²) in [6.45, 7) is 0. The number of anilines is 2. The van der Waals surface area contributed by atoms with Gasteiger partial charge in [-0.05, 0) is 40.2 Å². The molecule has 0 bridgehead atoms. The molecular formula is C13H13BrN4. The Morgan fingerprint density at radius 3 is 2.61 bits per heavy atom. The maximum Gasteiger partial charge on any atom is 0.132 e. The van der Waals surface area contributed by atoms with Gasteiger partial charge in [-0.15, -0.1) is 0 Å². The summed E-state index contributed by atoms with van der Waals surface area (Å²) in [5.74, 6) is 0.849. The Morgan fingerprint density at radius 1 is 1.28 bits per heavy atom. The lowest BCUT2D eigenvalue weighted by Gasteiger charge is -2.21. The van der Waals surface area contributed by atoms with E-state index < -0.39 is 0 Å². The monoisotopic (exact) mass is 304 g/mol. The summed E-state index contributed by atoms with van der Waals surface area (Å²) < 4.78 is 0.930. The van der Waals surface area contributed by atoms with Crippen LogP contribution >= 0.6 is 15.9 Å².